The standard InChI is InChI=1S/C14H22N2O3/c1-10(2)6-4-8-15-13(17)11(3)16-14(18)12-7-5-9-19-12/h5,7,9-11H,4,6,8H2,1-3H3,(H,15,17)(H,16,18). The van der Waals surface area contributed by atoms with Crippen LogP contribution in [0.1, 0.15) is 44.2 Å². The summed E-state index contributed by atoms with van der Waals surface area (Å²) in [6.45, 7) is 6.58. The molecule has 0 saturated heterocycles. The van der Waals surface area contributed by atoms with E-state index in [1.54, 1.807) is 19.1 Å². The first kappa shape index (κ1) is 15.3. The van der Waals surface area contributed by atoms with E-state index in [4.69, 9.17) is 4.42 Å². The average Bonchev–Trinajstić information content (AvgIpc) is 2.87. The van der Waals surface area contributed by atoms with Crippen molar-refractivity contribution in [2.24, 2.45) is 5.92 Å². The van der Waals surface area contributed by atoms with E-state index < -0.39 is 6.04 Å². The number of rotatable bonds is 7. The predicted molar refractivity (Wildman–Crippen MR) is 72.7 cm³/mol. The molecular weight excluding hydrogens is 244 g/mol. The van der Waals surface area contributed by atoms with Gasteiger partial charge in [0.15, 0.2) is 5.76 Å². The zero-order valence-electron chi connectivity index (χ0n) is 11.7. The first-order valence-electron chi connectivity index (χ1n) is 6.62. The quantitative estimate of drug-likeness (QED) is 0.741. The minimum absolute atomic E-state index is 0.177. The molecule has 1 atom stereocenters. The summed E-state index contributed by atoms with van der Waals surface area (Å²) in [5.74, 6) is 0.283. The maximum Gasteiger partial charge on any atom is 0.287 e. The lowest BCUT2D eigenvalue weighted by Crippen LogP contribution is -2.45. The Hall–Kier alpha value is -1.78. The van der Waals surface area contributed by atoms with Crippen molar-refractivity contribution in [3.63, 3.8) is 0 Å². The molecule has 1 heterocycles. The molecule has 106 valence electrons. The third-order valence-corrected chi connectivity index (χ3v) is 2.74. The second-order valence-electron chi connectivity index (χ2n) is 5.00. The number of furan rings is 1. The minimum Gasteiger partial charge on any atom is -0.459 e. The number of amides is 2. The fourth-order valence-corrected chi connectivity index (χ4v) is 1.62. The number of carbonyl (C=O) groups excluding carboxylic acids is 2. The number of hydrogen-bond donors (Lipinski definition) is 2. The van der Waals surface area contributed by atoms with Crippen LogP contribution in [0.5, 0.6) is 0 Å². The van der Waals surface area contributed by atoms with Crippen molar-refractivity contribution in [1.29, 1.82) is 0 Å². The smallest absolute Gasteiger partial charge is 0.287 e. The molecule has 1 unspecified atom stereocenters. The van der Waals surface area contributed by atoms with E-state index in [0.29, 0.717) is 12.5 Å². The molecule has 0 saturated carbocycles. The van der Waals surface area contributed by atoms with Crippen LogP contribution < -0.4 is 10.6 Å². The molecule has 0 aliphatic rings. The molecule has 1 rings (SSSR count). The van der Waals surface area contributed by atoms with Gasteiger partial charge in [0.1, 0.15) is 6.04 Å². The number of nitrogens with one attached hydrogen (secondary N) is 2. The van der Waals surface area contributed by atoms with E-state index in [9.17, 15) is 9.59 Å². The van der Waals surface area contributed by atoms with Crippen LogP contribution in [0.15, 0.2) is 22.8 Å². The van der Waals surface area contributed by atoms with Gasteiger partial charge in [0.2, 0.25) is 5.91 Å². The lowest BCUT2D eigenvalue weighted by Gasteiger charge is -2.13. The first-order valence-corrected chi connectivity index (χ1v) is 6.62. The van der Waals surface area contributed by atoms with Gasteiger partial charge in [-0.1, -0.05) is 13.8 Å². The van der Waals surface area contributed by atoms with Crippen molar-refractivity contribution in [1.82, 2.24) is 10.6 Å². The van der Waals surface area contributed by atoms with Gasteiger partial charge < -0.3 is 15.1 Å². The molecule has 19 heavy (non-hydrogen) atoms. The van der Waals surface area contributed by atoms with Crippen LogP contribution in [-0.2, 0) is 4.79 Å². The van der Waals surface area contributed by atoms with Gasteiger partial charge >= 0.3 is 0 Å². The van der Waals surface area contributed by atoms with Crippen molar-refractivity contribution in [2.75, 3.05) is 6.54 Å². The van der Waals surface area contributed by atoms with Gasteiger partial charge in [-0.3, -0.25) is 9.59 Å². The highest BCUT2D eigenvalue weighted by Crippen LogP contribution is 2.02. The Kier molecular flexibility index (Phi) is 6.12. The summed E-state index contributed by atoms with van der Waals surface area (Å²) in [6.07, 6.45) is 3.45. The van der Waals surface area contributed by atoms with Crippen molar-refractivity contribution >= 4 is 11.8 Å². The van der Waals surface area contributed by atoms with Crippen molar-refractivity contribution < 1.29 is 14.0 Å². The zero-order chi connectivity index (χ0) is 14.3. The molecule has 1 aromatic heterocycles. The lowest BCUT2D eigenvalue weighted by molar-refractivity contribution is -0.122. The predicted octanol–water partition coefficient (Wildman–Crippen LogP) is 1.95. The summed E-state index contributed by atoms with van der Waals surface area (Å²) >= 11 is 0. The molecular formula is C14H22N2O3. The fraction of sp³-hybridized carbons (Fsp3) is 0.571. The van der Waals surface area contributed by atoms with E-state index in [0.717, 1.165) is 12.8 Å². The SMILES string of the molecule is CC(C)CCCNC(=O)C(C)NC(=O)c1ccco1. The van der Waals surface area contributed by atoms with Gasteiger partial charge in [0, 0.05) is 6.54 Å². The fourth-order valence-electron chi connectivity index (χ4n) is 1.62. The van der Waals surface area contributed by atoms with Gasteiger partial charge in [0.05, 0.1) is 6.26 Å². The molecule has 0 spiro atoms. The summed E-state index contributed by atoms with van der Waals surface area (Å²) in [4.78, 5) is 23.4. The Bertz CT molecular complexity index is 399. The van der Waals surface area contributed by atoms with Crippen LogP contribution in [0.25, 0.3) is 0 Å². The van der Waals surface area contributed by atoms with Gasteiger partial charge in [-0.25, -0.2) is 0 Å². The van der Waals surface area contributed by atoms with E-state index in [2.05, 4.69) is 24.5 Å². The van der Waals surface area contributed by atoms with Crippen LogP contribution in [0, 0.1) is 5.92 Å². The van der Waals surface area contributed by atoms with E-state index >= 15 is 0 Å². The van der Waals surface area contributed by atoms with E-state index in [-0.39, 0.29) is 17.6 Å². The summed E-state index contributed by atoms with van der Waals surface area (Å²) in [5, 5.41) is 5.39. The van der Waals surface area contributed by atoms with Gasteiger partial charge in [-0.05, 0) is 37.8 Å². The van der Waals surface area contributed by atoms with Crippen molar-refractivity contribution in [2.45, 2.75) is 39.7 Å². The second kappa shape index (κ2) is 7.61. The Morgan fingerprint density at radius 1 is 1.32 bits per heavy atom. The third-order valence-electron chi connectivity index (χ3n) is 2.74. The van der Waals surface area contributed by atoms with Gasteiger partial charge in [0.25, 0.3) is 5.91 Å². The molecule has 1 aromatic rings. The minimum atomic E-state index is -0.573. The molecule has 5 nitrogen and oxygen atoms in total. The highest BCUT2D eigenvalue weighted by molar-refractivity contribution is 5.95. The normalized spacial score (nSPS) is 12.2. The average molecular weight is 266 g/mol. The third kappa shape index (κ3) is 5.59. The Morgan fingerprint density at radius 2 is 2.05 bits per heavy atom. The zero-order valence-corrected chi connectivity index (χ0v) is 11.7. The molecule has 0 bridgehead atoms. The number of carbonyl (C=O) groups is 2. The van der Waals surface area contributed by atoms with Crippen LogP contribution in [-0.4, -0.2) is 24.4 Å². The molecule has 0 aromatic carbocycles. The first-order chi connectivity index (χ1) is 9.00. The van der Waals surface area contributed by atoms with Gasteiger partial charge in [-0.2, -0.15) is 0 Å². The Balaban J connectivity index is 2.27. The summed E-state index contributed by atoms with van der Waals surface area (Å²) in [6, 6.07) is 2.62. The van der Waals surface area contributed by atoms with Crippen LogP contribution in [0.2, 0.25) is 0 Å². The highest BCUT2D eigenvalue weighted by atomic mass is 16.3. The molecule has 0 fully saturated rings. The molecule has 2 N–H and O–H groups in total. The van der Waals surface area contributed by atoms with E-state index in [1.165, 1.54) is 6.26 Å². The largest absolute Gasteiger partial charge is 0.459 e. The van der Waals surface area contributed by atoms with Crippen molar-refractivity contribution in [3.05, 3.63) is 24.2 Å². The molecule has 0 aliphatic carbocycles. The topological polar surface area (TPSA) is 71.3 Å². The highest BCUT2D eigenvalue weighted by Gasteiger charge is 2.17. The van der Waals surface area contributed by atoms with Gasteiger partial charge in [-0.15, -0.1) is 0 Å². The Morgan fingerprint density at radius 3 is 2.63 bits per heavy atom. The molecule has 5 heteroatoms. The number of hydrogen-bond acceptors (Lipinski definition) is 3. The maximum atomic E-state index is 11.7. The van der Waals surface area contributed by atoms with E-state index in [1.807, 2.05) is 0 Å². The Labute approximate surface area is 113 Å². The maximum absolute atomic E-state index is 11.7. The summed E-state index contributed by atoms with van der Waals surface area (Å²) in [5.41, 5.74) is 0. The summed E-state index contributed by atoms with van der Waals surface area (Å²) in [7, 11) is 0. The molecule has 2 amide bonds. The van der Waals surface area contributed by atoms with Crippen LogP contribution in [0.3, 0.4) is 0 Å². The molecule has 0 radical (unpaired) electrons. The monoisotopic (exact) mass is 266 g/mol. The van der Waals surface area contributed by atoms with Crippen LogP contribution >= 0.6 is 0 Å². The van der Waals surface area contributed by atoms with Crippen molar-refractivity contribution in [3.8, 4) is 0 Å². The lowest BCUT2D eigenvalue weighted by atomic mass is 10.1. The van der Waals surface area contributed by atoms with Crippen LogP contribution in [0.4, 0.5) is 0 Å². The summed E-state index contributed by atoms with van der Waals surface area (Å²) < 4.78 is 4.96. The molecule has 0 aliphatic heterocycles. The second-order valence-corrected chi connectivity index (χ2v) is 5.00.